The largest absolute Gasteiger partial charge is 0.481 e. The van der Waals surface area contributed by atoms with Gasteiger partial charge >= 0.3 is 5.97 Å². The molecule has 0 amide bonds. The lowest BCUT2D eigenvalue weighted by Gasteiger charge is -2.23. The first kappa shape index (κ1) is 16.0. The van der Waals surface area contributed by atoms with Crippen molar-refractivity contribution in [3.63, 3.8) is 0 Å². The summed E-state index contributed by atoms with van der Waals surface area (Å²) in [6.07, 6.45) is 1.74. The number of hydrogen-bond donors (Lipinski definition) is 1. The van der Waals surface area contributed by atoms with Crippen molar-refractivity contribution in [3.05, 3.63) is 29.8 Å². The maximum Gasteiger partial charge on any atom is 0.307 e. The molecule has 0 heterocycles. The average Bonchev–Trinajstić information content (AvgIpc) is 3.19. The summed E-state index contributed by atoms with van der Waals surface area (Å²) in [4.78, 5) is 10.9. The Hall–Kier alpha value is -1.40. The molecule has 5 nitrogen and oxygen atoms in total. The van der Waals surface area contributed by atoms with Gasteiger partial charge in [0.1, 0.15) is 0 Å². The van der Waals surface area contributed by atoms with Crippen molar-refractivity contribution >= 4 is 16.0 Å². The van der Waals surface area contributed by atoms with Gasteiger partial charge < -0.3 is 5.11 Å². The molecule has 1 aliphatic rings. The molecule has 21 heavy (non-hydrogen) atoms. The second kappa shape index (κ2) is 6.15. The number of carboxylic acid groups (broad SMARTS) is 1. The zero-order chi connectivity index (χ0) is 15.6. The summed E-state index contributed by atoms with van der Waals surface area (Å²) in [7, 11) is -3.49. The van der Waals surface area contributed by atoms with E-state index >= 15 is 0 Å². The predicted octanol–water partition coefficient (Wildman–Crippen LogP) is 2.12. The summed E-state index contributed by atoms with van der Waals surface area (Å²) >= 11 is 0. The maximum atomic E-state index is 12.7. The van der Waals surface area contributed by atoms with Crippen molar-refractivity contribution in [1.29, 1.82) is 0 Å². The lowest BCUT2D eigenvalue weighted by Crippen LogP contribution is -2.36. The minimum Gasteiger partial charge on any atom is -0.481 e. The number of nitrogens with zero attached hydrogens (tertiary/aromatic N) is 1. The molecule has 1 aromatic rings. The predicted molar refractivity (Wildman–Crippen MR) is 79.5 cm³/mol. The van der Waals surface area contributed by atoms with Crippen LogP contribution in [0.15, 0.2) is 29.2 Å². The molecule has 1 aliphatic carbocycles. The molecule has 0 radical (unpaired) electrons. The van der Waals surface area contributed by atoms with Crippen LogP contribution in [0.3, 0.4) is 0 Å². The van der Waals surface area contributed by atoms with Gasteiger partial charge in [-0.1, -0.05) is 26.0 Å². The SMILES string of the molecule is CC(C)CN(C1CC1)S(=O)(=O)c1ccc(CC(=O)O)cc1. The number of aliphatic carboxylic acids is 1. The van der Waals surface area contributed by atoms with Crippen LogP contribution >= 0.6 is 0 Å². The van der Waals surface area contributed by atoms with E-state index in [4.69, 9.17) is 5.11 Å². The lowest BCUT2D eigenvalue weighted by atomic mass is 10.2. The fourth-order valence-electron chi connectivity index (χ4n) is 2.26. The fourth-order valence-corrected chi connectivity index (χ4v) is 4.10. The molecule has 2 rings (SSSR count). The van der Waals surface area contributed by atoms with Gasteiger partial charge in [0, 0.05) is 12.6 Å². The Kier molecular flexibility index (Phi) is 4.68. The summed E-state index contributed by atoms with van der Waals surface area (Å²) in [5.41, 5.74) is 0.600. The number of hydrogen-bond acceptors (Lipinski definition) is 3. The first-order valence-corrected chi connectivity index (χ1v) is 8.57. The lowest BCUT2D eigenvalue weighted by molar-refractivity contribution is -0.136. The molecule has 6 heteroatoms. The second-order valence-electron chi connectivity index (χ2n) is 5.91. The number of sulfonamides is 1. The first-order chi connectivity index (χ1) is 9.80. The minimum absolute atomic E-state index is 0.0986. The number of rotatable bonds is 7. The van der Waals surface area contributed by atoms with E-state index in [0.29, 0.717) is 12.1 Å². The molecule has 1 saturated carbocycles. The molecule has 0 aromatic heterocycles. The summed E-state index contributed by atoms with van der Waals surface area (Å²) in [6, 6.07) is 6.27. The summed E-state index contributed by atoms with van der Waals surface area (Å²) in [5.74, 6) is -0.656. The van der Waals surface area contributed by atoms with Gasteiger partial charge in [0.2, 0.25) is 10.0 Å². The smallest absolute Gasteiger partial charge is 0.307 e. The molecule has 1 N–H and O–H groups in total. The molecule has 0 spiro atoms. The zero-order valence-electron chi connectivity index (χ0n) is 12.3. The van der Waals surface area contributed by atoms with Gasteiger partial charge in [-0.2, -0.15) is 4.31 Å². The molecule has 1 fully saturated rings. The molecular weight excluding hydrogens is 290 g/mol. The van der Waals surface area contributed by atoms with Crippen LogP contribution in [-0.2, 0) is 21.2 Å². The monoisotopic (exact) mass is 311 g/mol. The van der Waals surface area contributed by atoms with Crippen LogP contribution in [0.25, 0.3) is 0 Å². The van der Waals surface area contributed by atoms with Crippen molar-refractivity contribution in [2.45, 2.75) is 44.0 Å². The Balaban J connectivity index is 2.23. The van der Waals surface area contributed by atoms with Crippen LogP contribution in [0, 0.1) is 5.92 Å². The highest BCUT2D eigenvalue weighted by Gasteiger charge is 2.38. The van der Waals surface area contributed by atoms with E-state index in [1.165, 1.54) is 12.1 Å². The Morgan fingerprint density at radius 2 is 1.86 bits per heavy atom. The average molecular weight is 311 g/mol. The Bertz CT molecular complexity index is 603. The summed E-state index contributed by atoms with van der Waals surface area (Å²) in [6.45, 7) is 4.52. The van der Waals surface area contributed by atoms with Crippen LogP contribution < -0.4 is 0 Å². The van der Waals surface area contributed by atoms with Gasteiger partial charge in [0.15, 0.2) is 0 Å². The van der Waals surface area contributed by atoms with Gasteiger partial charge in [-0.25, -0.2) is 8.42 Å². The minimum atomic E-state index is -3.49. The van der Waals surface area contributed by atoms with Gasteiger partial charge in [-0.15, -0.1) is 0 Å². The normalized spacial score (nSPS) is 15.6. The molecule has 0 atom stereocenters. The highest BCUT2D eigenvalue weighted by Crippen LogP contribution is 2.32. The number of carboxylic acids is 1. The van der Waals surface area contributed by atoms with Crippen molar-refractivity contribution in [3.8, 4) is 0 Å². The topological polar surface area (TPSA) is 74.7 Å². The van der Waals surface area contributed by atoms with Crippen LogP contribution in [0.5, 0.6) is 0 Å². The molecule has 0 aliphatic heterocycles. The highest BCUT2D eigenvalue weighted by molar-refractivity contribution is 7.89. The van der Waals surface area contributed by atoms with Gasteiger partial charge in [0.05, 0.1) is 11.3 Å². The van der Waals surface area contributed by atoms with E-state index in [0.717, 1.165) is 12.8 Å². The first-order valence-electron chi connectivity index (χ1n) is 7.13. The van der Waals surface area contributed by atoms with Gasteiger partial charge in [0.25, 0.3) is 0 Å². The molecule has 0 saturated heterocycles. The van der Waals surface area contributed by atoms with Crippen LogP contribution in [-0.4, -0.2) is 36.4 Å². The Morgan fingerprint density at radius 3 is 2.29 bits per heavy atom. The third-order valence-electron chi connectivity index (χ3n) is 3.38. The molecule has 116 valence electrons. The quantitative estimate of drug-likeness (QED) is 0.837. The van der Waals surface area contributed by atoms with Crippen LogP contribution in [0.4, 0.5) is 0 Å². The number of benzene rings is 1. The third-order valence-corrected chi connectivity index (χ3v) is 5.32. The van der Waals surface area contributed by atoms with Crippen molar-refractivity contribution in [2.24, 2.45) is 5.92 Å². The molecule has 1 aromatic carbocycles. The fraction of sp³-hybridized carbons (Fsp3) is 0.533. The van der Waals surface area contributed by atoms with E-state index in [1.807, 2.05) is 13.8 Å². The molecular formula is C15H21NO4S. The van der Waals surface area contributed by atoms with Gasteiger partial charge in [-0.3, -0.25) is 4.79 Å². The van der Waals surface area contributed by atoms with Crippen molar-refractivity contribution in [1.82, 2.24) is 4.31 Å². The van der Waals surface area contributed by atoms with Crippen LogP contribution in [0.1, 0.15) is 32.3 Å². The molecule has 0 unspecified atom stereocenters. The van der Waals surface area contributed by atoms with Crippen molar-refractivity contribution < 1.29 is 18.3 Å². The van der Waals surface area contributed by atoms with E-state index in [-0.39, 0.29) is 23.3 Å². The summed E-state index contributed by atoms with van der Waals surface area (Å²) in [5, 5.41) is 8.74. The number of carbonyl (C=O) groups is 1. The third kappa shape index (κ3) is 4.04. The van der Waals surface area contributed by atoms with E-state index in [2.05, 4.69) is 0 Å². The van der Waals surface area contributed by atoms with Crippen molar-refractivity contribution in [2.75, 3.05) is 6.54 Å². The van der Waals surface area contributed by atoms with E-state index < -0.39 is 16.0 Å². The summed E-state index contributed by atoms with van der Waals surface area (Å²) < 4.78 is 27.0. The second-order valence-corrected chi connectivity index (χ2v) is 7.80. The van der Waals surface area contributed by atoms with E-state index in [1.54, 1.807) is 16.4 Å². The van der Waals surface area contributed by atoms with E-state index in [9.17, 15) is 13.2 Å². The maximum absolute atomic E-state index is 12.7. The standard InChI is InChI=1S/C15H21NO4S/c1-11(2)10-16(13-5-6-13)21(19,20)14-7-3-12(4-8-14)9-15(17)18/h3-4,7-8,11,13H,5-6,9-10H2,1-2H3,(H,17,18). The van der Waals surface area contributed by atoms with Gasteiger partial charge in [-0.05, 0) is 36.5 Å². The van der Waals surface area contributed by atoms with Crippen LogP contribution in [0.2, 0.25) is 0 Å². The zero-order valence-corrected chi connectivity index (χ0v) is 13.1. The Labute approximate surface area is 125 Å². The Morgan fingerprint density at radius 1 is 1.29 bits per heavy atom. The molecule has 0 bridgehead atoms. The highest BCUT2D eigenvalue weighted by atomic mass is 32.2.